The van der Waals surface area contributed by atoms with E-state index in [1.807, 2.05) is 6.20 Å². The van der Waals surface area contributed by atoms with Crippen molar-refractivity contribution in [1.82, 2.24) is 10.3 Å². The summed E-state index contributed by atoms with van der Waals surface area (Å²) >= 11 is 0. The lowest BCUT2D eigenvalue weighted by atomic mass is 10.2. The third-order valence-electron chi connectivity index (χ3n) is 3.47. The largest absolute Gasteiger partial charge is 0.345 e. The molecule has 0 radical (unpaired) electrons. The van der Waals surface area contributed by atoms with Gasteiger partial charge in [0, 0.05) is 19.3 Å². The SMILES string of the molecule is C#CCN(CC1CC1)c1cc(CNCC(C)C)ccn1. The molecule has 1 saturated carbocycles. The van der Waals surface area contributed by atoms with Crippen molar-refractivity contribution in [2.45, 2.75) is 33.2 Å². The number of aromatic nitrogens is 1. The molecule has 0 amide bonds. The molecular weight excluding hydrogens is 246 g/mol. The van der Waals surface area contributed by atoms with Crippen molar-refractivity contribution < 1.29 is 0 Å². The van der Waals surface area contributed by atoms with Gasteiger partial charge in [-0.15, -0.1) is 6.42 Å². The Morgan fingerprint density at radius 2 is 2.30 bits per heavy atom. The molecule has 108 valence electrons. The van der Waals surface area contributed by atoms with Gasteiger partial charge in [-0.2, -0.15) is 0 Å². The highest BCUT2D eigenvalue weighted by Crippen LogP contribution is 2.30. The third-order valence-corrected chi connectivity index (χ3v) is 3.47. The van der Waals surface area contributed by atoms with E-state index in [1.165, 1.54) is 18.4 Å². The molecule has 1 N–H and O–H groups in total. The quantitative estimate of drug-likeness (QED) is 0.737. The molecular formula is C17H25N3. The number of hydrogen-bond donors (Lipinski definition) is 1. The average molecular weight is 271 g/mol. The van der Waals surface area contributed by atoms with Gasteiger partial charge in [-0.05, 0) is 48.9 Å². The minimum Gasteiger partial charge on any atom is -0.345 e. The first-order valence-corrected chi connectivity index (χ1v) is 7.53. The first-order valence-electron chi connectivity index (χ1n) is 7.53. The van der Waals surface area contributed by atoms with Crippen molar-refractivity contribution in [2.75, 3.05) is 24.5 Å². The summed E-state index contributed by atoms with van der Waals surface area (Å²) in [6.07, 6.45) is 10.0. The van der Waals surface area contributed by atoms with Gasteiger partial charge in [-0.3, -0.25) is 0 Å². The first kappa shape index (κ1) is 14.9. The number of rotatable bonds is 8. The normalized spacial score (nSPS) is 14.3. The predicted molar refractivity (Wildman–Crippen MR) is 84.6 cm³/mol. The van der Waals surface area contributed by atoms with E-state index in [4.69, 9.17) is 6.42 Å². The molecule has 1 fully saturated rings. The van der Waals surface area contributed by atoms with Crippen LogP contribution >= 0.6 is 0 Å². The van der Waals surface area contributed by atoms with Crippen LogP contribution in [0.5, 0.6) is 0 Å². The van der Waals surface area contributed by atoms with E-state index >= 15 is 0 Å². The molecule has 1 aromatic heterocycles. The van der Waals surface area contributed by atoms with E-state index in [9.17, 15) is 0 Å². The molecule has 0 aromatic carbocycles. The minimum absolute atomic E-state index is 0.645. The van der Waals surface area contributed by atoms with E-state index in [-0.39, 0.29) is 0 Å². The number of terminal acetylenes is 1. The van der Waals surface area contributed by atoms with Crippen LogP contribution in [0.1, 0.15) is 32.3 Å². The van der Waals surface area contributed by atoms with Gasteiger partial charge in [-0.1, -0.05) is 19.8 Å². The van der Waals surface area contributed by atoms with Crippen molar-refractivity contribution in [1.29, 1.82) is 0 Å². The van der Waals surface area contributed by atoms with E-state index in [0.717, 1.165) is 31.4 Å². The van der Waals surface area contributed by atoms with E-state index < -0.39 is 0 Å². The lowest BCUT2D eigenvalue weighted by Gasteiger charge is -2.21. The number of nitrogens with zero attached hydrogens (tertiary/aromatic N) is 2. The van der Waals surface area contributed by atoms with Gasteiger partial charge < -0.3 is 10.2 Å². The highest BCUT2D eigenvalue weighted by Gasteiger charge is 2.24. The highest BCUT2D eigenvalue weighted by molar-refractivity contribution is 5.42. The highest BCUT2D eigenvalue weighted by atomic mass is 15.2. The fraction of sp³-hybridized carbons (Fsp3) is 0.588. The van der Waals surface area contributed by atoms with E-state index in [1.54, 1.807) is 0 Å². The van der Waals surface area contributed by atoms with Gasteiger partial charge in [-0.25, -0.2) is 4.98 Å². The summed E-state index contributed by atoms with van der Waals surface area (Å²) in [4.78, 5) is 6.71. The summed E-state index contributed by atoms with van der Waals surface area (Å²) in [7, 11) is 0. The van der Waals surface area contributed by atoms with Gasteiger partial charge in [0.25, 0.3) is 0 Å². The second kappa shape index (κ2) is 7.31. The van der Waals surface area contributed by atoms with Gasteiger partial charge in [0.1, 0.15) is 5.82 Å². The second-order valence-corrected chi connectivity index (χ2v) is 6.08. The fourth-order valence-electron chi connectivity index (χ4n) is 2.21. The molecule has 20 heavy (non-hydrogen) atoms. The van der Waals surface area contributed by atoms with Crippen LogP contribution in [0, 0.1) is 24.2 Å². The monoisotopic (exact) mass is 271 g/mol. The van der Waals surface area contributed by atoms with Crippen molar-refractivity contribution in [3.8, 4) is 12.3 Å². The minimum atomic E-state index is 0.645. The summed E-state index contributed by atoms with van der Waals surface area (Å²) in [5.74, 6) is 5.24. The molecule has 1 aliphatic rings. The molecule has 0 spiro atoms. The maximum absolute atomic E-state index is 5.48. The Balaban J connectivity index is 1.96. The lowest BCUT2D eigenvalue weighted by molar-refractivity contribution is 0.552. The van der Waals surface area contributed by atoms with Crippen molar-refractivity contribution >= 4 is 5.82 Å². The maximum atomic E-state index is 5.48. The molecule has 3 nitrogen and oxygen atoms in total. The molecule has 0 aliphatic heterocycles. The molecule has 1 aliphatic carbocycles. The Kier molecular flexibility index (Phi) is 5.43. The third kappa shape index (κ3) is 4.86. The molecule has 1 heterocycles. The fourth-order valence-corrected chi connectivity index (χ4v) is 2.21. The van der Waals surface area contributed by atoms with E-state index in [0.29, 0.717) is 12.5 Å². The molecule has 0 unspecified atom stereocenters. The van der Waals surface area contributed by atoms with Gasteiger partial charge >= 0.3 is 0 Å². The Bertz CT molecular complexity index is 458. The zero-order chi connectivity index (χ0) is 14.4. The van der Waals surface area contributed by atoms with Crippen molar-refractivity contribution in [3.05, 3.63) is 23.9 Å². The molecule has 3 heteroatoms. The Morgan fingerprint density at radius 1 is 1.50 bits per heavy atom. The van der Waals surface area contributed by atoms with Crippen molar-refractivity contribution in [2.24, 2.45) is 11.8 Å². The number of anilines is 1. The molecule has 0 bridgehead atoms. The molecule has 0 saturated heterocycles. The molecule has 0 atom stereocenters. The predicted octanol–water partition coefficient (Wildman–Crippen LogP) is 2.68. The number of hydrogen-bond acceptors (Lipinski definition) is 3. The smallest absolute Gasteiger partial charge is 0.129 e. The van der Waals surface area contributed by atoms with Crippen LogP contribution in [0.25, 0.3) is 0 Å². The van der Waals surface area contributed by atoms with Gasteiger partial charge in [0.2, 0.25) is 0 Å². The maximum Gasteiger partial charge on any atom is 0.129 e. The first-order chi connectivity index (χ1) is 9.69. The second-order valence-electron chi connectivity index (χ2n) is 6.08. The van der Waals surface area contributed by atoms with Crippen LogP contribution in [-0.2, 0) is 6.54 Å². The van der Waals surface area contributed by atoms with Crippen LogP contribution < -0.4 is 10.2 Å². The molecule has 1 aromatic rings. The summed E-state index contributed by atoms with van der Waals surface area (Å²) < 4.78 is 0. The van der Waals surface area contributed by atoms with Crippen LogP contribution in [0.3, 0.4) is 0 Å². The number of pyridine rings is 1. The summed E-state index contributed by atoms with van der Waals surface area (Å²) in [6, 6.07) is 4.23. The van der Waals surface area contributed by atoms with E-state index in [2.05, 4.69) is 47.1 Å². The van der Waals surface area contributed by atoms with Crippen LogP contribution in [-0.4, -0.2) is 24.6 Å². The summed E-state index contributed by atoms with van der Waals surface area (Å²) in [5, 5.41) is 3.47. The average Bonchev–Trinajstić information content (AvgIpc) is 3.22. The topological polar surface area (TPSA) is 28.2 Å². The van der Waals surface area contributed by atoms with Crippen LogP contribution in [0.2, 0.25) is 0 Å². The summed E-state index contributed by atoms with van der Waals surface area (Å²) in [6.45, 7) is 8.05. The standard InChI is InChI=1S/C17H25N3/c1-4-9-20(13-15-5-6-15)17-10-16(7-8-19-17)12-18-11-14(2)3/h1,7-8,10,14-15,18H,5-6,9,11-13H2,2-3H3. The lowest BCUT2D eigenvalue weighted by Crippen LogP contribution is -2.27. The Morgan fingerprint density at radius 3 is 2.95 bits per heavy atom. The van der Waals surface area contributed by atoms with Gasteiger partial charge in [0.15, 0.2) is 0 Å². The van der Waals surface area contributed by atoms with Crippen LogP contribution in [0.4, 0.5) is 5.82 Å². The zero-order valence-electron chi connectivity index (χ0n) is 12.6. The van der Waals surface area contributed by atoms with Crippen molar-refractivity contribution in [3.63, 3.8) is 0 Å². The van der Waals surface area contributed by atoms with Gasteiger partial charge in [0.05, 0.1) is 6.54 Å². The Hall–Kier alpha value is -1.53. The zero-order valence-corrected chi connectivity index (χ0v) is 12.6. The molecule has 2 rings (SSSR count). The summed E-state index contributed by atoms with van der Waals surface area (Å²) in [5.41, 5.74) is 1.27. The Labute approximate surface area is 122 Å². The van der Waals surface area contributed by atoms with Crippen LogP contribution in [0.15, 0.2) is 18.3 Å². The number of nitrogens with one attached hydrogen (secondary N) is 1.